The number of rotatable bonds is 7. The monoisotopic (exact) mass is 335 g/mol. The quantitative estimate of drug-likeness (QED) is 0.701. The van der Waals surface area contributed by atoms with Gasteiger partial charge in [-0.05, 0) is 39.0 Å². The molecular formula is C18H29N3O3. The fourth-order valence-corrected chi connectivity index (χ4v) is 2.75. The van der Waals surface area contributed by atoms with Gasteiger partial charge in [0.15, 0.2) is 0 Å². The normalized spacial score (nSPS) is 18.2. The van der Waals surface area contributed by atoms with Crippen molar-refractivity contribution in [2.75, 3.05) is 44.7 Å². The molecule has 0 aromatic heterocycles. The van der Waals surface area contributed by atoms with Gasteiger partial charge in [-0.2, -0.15) is 0 Å². The van der Waals surface area contributed by atoms with E-state index in [0.29, 0.717) is 31.4 Å². The Morgan fingerprint density at radius 3 is 2.75 bits per heavy atom. The van der Waals surface area contributed by atoms with Gasteiger partial charge in [-0.3, -0.25) is 9.69 Å². The molecule has 3 N–H and O–H groups in total. The minimum atomic E-state index is -0.971. The van der Waals surface area contributed by atoms with Crippen molar-refractivity contribution < 1.29 is 14.6 Å². The van der Waals surface area contributed by atoms with E-state index in [2.05, 4.69) is 29.4 Å². The predicted octanol–water partition coefficient (Wildman–Crippen LogP) is 1.32. The Balaban J connectivity index is 1.87. The van der Waals surface area contributed by atoms with Gasteiger partial charge < -0.3 is 20.5 Å². The van der Waals surface area contributed by atoms with E-state index in [4.69, 9.17) is 4.74 Å². The SMILES string of the molecule is CC(C)Nc1cccc(C(=O)NC[C@](C)(O)CN2CCOCC2)c1. The van der Waals surface area contributed by atoms with E-state index < -0.39 is 5.60 Å². The van der Waals surface area contributed by atoms with E-state index in [1.165, 1.54) is 0 Å². The molecule has 1 heterocycles. The molecule has 24 heavy (non-hydrogen) atoms. The maximum atomic E-state index is 12.3. The summed E-state index contributed by atoms with van der Waals surface area (Å²) < 4.78 is 5.31. The number of hydrogen-bond acceptors (Lipinski definition) is 5. The number of carbonyl (C=O) groups is 1. The molecule has 0 spiro atoms. The molecule has 134 valence electrons. The molecule has 6 heteroatoms. The average molecular weight is 335 g/mol. The van der Waals surface area contributed by atoms with E-state index >= 15 is 0 Å². The molecule has 6 nitrogen and oxygen atoms in total. The van der Waals surface area contributed by atoms with Gasteiger partial charge in [-0.15, -0.1) is 0 Å². The Kier molecular flexibility index (Phi) is 6.60. The summed E-state index contributed by atoms with van der Waals surface area (Å²) in [6.07, 6.45) is 0. The van der Waals surface area contributed by atoms with Crippen LogP contribution in [-0.4, -0.2) is 66.9 Å². The number of β-amino-alcohol motifs (C(OH)–C–C–N with tert-alkyl or cyclic N) is 1. The van der Waals surface area contributed by atoms with Crippen LogP contribution in [0.3, 0.4) is 0 Å². The third-order valence-electron chi connectivity index (χ3n) is 3.88. The third-order valence-corrected chi connectivity index (χ3v) is 3.88. The summed E-state index contributed by atoms with van der Waals surface area (Å²) in [6, 6.07) is 7.69. The van der Waals surface area contributed by atoms with Gasteiger partial charge >= 0.3 is 0 Å². The molecule has 1 fully saturated rings. The predicted molar refractivity (Wildman–Crippen MR) is 95.4 cm³/mol. The van der Waals surface area contributed by atoms with Crippen LogP contribution < -0.4 is 10.6 Å². The summed E-state index contributed by atoms with van der Waals surface area (Å²) in [6.45, 7) is 9.59. The molecule has 1 aromatic carbocycles. The van der Waals surface area contributed by atoms with Gasteiger partial charge in [0.05, 0.1) is 18.8 Å². The van der Waals surface area contributed by atoms with Crippen molar-refractivity contribution in [1.82, 2.24) is 10.2 Å². The summed E-state index contributed by atoms with van der Waals surface area (Å²) in [5.41, 5.74) is 0.529. The number of aliphatic hydroxyl groups is 1. The third kappa shape index (κ3) is 6.11. The first-order valence-electron chi connectivity index (χ1n) is 8.53. The van der Waals surface area contributed by atoms with Crippen molar-refractivity contribution >= 4 is 11.6 Å². The summed E-state index contributed by atoms with van der Waals surface area (Å²) in [5.74, 6) is -0.176. The summed E-state index contributed by atoms with van der Waals surface area (Å²) in [7, 11) is 0. The highest BCUT2D eigenvalue weighted by Crippen LogP contribution is 2.13. The van der Waals surface area contributed by atoms with Crippen molar-refractivity contribution in [1.29, 1.82) is 0 Å². The Labute approximate surface area is 144 Å². The number of carbonyl (C=O) groups excluding carboxylic acids is 1. The second-order valence-corrected chi connectivity index (χ2v) is 6.95. The number of hydrogen-bond donors (Lipinski definition) is 3. The lowest BCUT2D eigenvalue weighted by atomic mass is 10.1. The van der Waals surface area contributed by atoms with Crippen molar-refractivity contribution in [3.05, 3.63) is 29.8 Å². The highest BCUT2D eigenvalue weighted by atomic mass is 16.5. The first-order valence-corrected chi connectivity index (χ1v) is 8.53. The first-order chi connectivity index (χ1) is 11.4. The fourth-order valence-electron chi connectivity index (χ4n) is 2.75. The maximum absolute atomic E-state index is 12.3. The van der Waals surface area contributed by atoms with Crippen molar-refractivity contribution in [3.63, 3.8) is 0 Å². The number of benzene rings is 1. The van der Waals surface area contributed by atoms with E-state index in [0.717, 1.165) is 18.8 Å². The van der Waals surface area contributed by atoms with Crippen LogP contribution in [0.5, 0.6) is 0 Å². The highest BCUT2D eigenvalue weighted by Gasteiger charge is 2.26. The minimum absolute atomic E-state index is 0.176. The second-order valence-electron chi connectivity index (χ2n) is 6.95. The zero-order valence-electron chi connectivity index (χ0n) is 14.8. The smallest absolute Gasteiger partial charge is 0.251 e. The molecule has 0 unspecified atom stereocenters. The van der Waals surface area contributed by atoms with Crippen molar-refractivity contribution in [2.24, 2.45) is 0 Å². The van der Waals surface area contributed by atoms with Crippen molar-refractivity contribution in [3.8, 4) is 0 Å². The van der Waals surface area contributed by atoms with Gasteiger partial charge in [0.1, 0.15) is 0 Å². The van der Waals surface area contributed by atoms with Gasteiger partial charge in [0.25, 0.3) is 5.91 Å². The summed E-state index contributed by atoms with van der Waals surface area (Å²) in [5, 5.41) is 16.6. The number of nitrogens with zero attached hydrogens (tertiary/aromatic N) is 1. The van der Waals surface area contributed by atoms with Gasteiger partial charge in [0.2, 0.25) is 0 Å². The molecule has 1 atom stereocenters. The Morgan fingerprint density at radius 1 is 1.38 bits per heavy atom. The number of amides is 1. The lowest BCUT2D eigenvalue weighted by molar-refractivity contribution is -0.0213. The van der Waals surface area contributed by atoms with Crippen LogP contribution in [0.1, 0.15) is 31.1 Å². The highest BCUT2D eigenvalue weighted by molar-refractivity contribution is 5.95. The largest absolute Gasteiger partial charge is 0.387 e. The van der Waals surface area contributed by atoms with Gasteiger partial charge in [0, 0.05) is 43.5 Å². The number of morpholine rings is 1. The average Bonchev–Trinajstić information content (AvgIpc) is 2.53. The van der Waals surface area contributed by atoms with Crippen LogP contribution in [0, 0.1) is 0 Å². The van der Waals surface area contributed by atoms with Gasteiger partial charge in [-0.1, -0.05) is 6.07 Å². The van der Waals surface area contributed by atoms with Crippen LogP contribution >= 0.6 is 0 Å². The van der Waals surface area contributed by atoms with Crippen LogP contribution in [0.2, 0.25) is 0 Å². The van der Waals surface area contributed by atoms with Crippen LogP contribution in [0.4, 0.5) is 5.69 Å². The topological polar surface area (TPSA) is 73.8 Å². The molecule has 1 aromatic rings. The first kappa shape index (κ1) is 18.7. The molecule has 0 saturated carbocycles. The molecule has 0 aliphatic carbocycles. The van der Waals surface area contributed by atoms with E-state index in [1.54, 1.807) is 13.0 Å². The van der Waals surface area contributed by atoms with E-state index in [9.17, 15) is 9.90 Å². The molecular weight excluding hydrogens is 306 g/mol. The zero-order chi connectivity index (χ0) is 17.6. The lowest BCUT2D eigenvalue weighted by Gasteiger charge is -2.33. The van der Waals surface area contributed by atoms with Crippen molar-refractivity contribution in [2.45, 2.75) is 32.4 Å². The molecule has 1 aliphatic rings. The van der Waals surface area contributed by atoms with E-state index in [1.807, 2.05) is 18.2 Å². The Morgan fingerprint density at radius 2 is 2.08 bits per heavy atom. The Hall–Kier alpha value is -1.63. The van der Waals surface area contributed by atoms with Crippen LogP contribution in [0.15, 0.2) is 24.3 Å². The number of nitrogens with one attached hydrogen (secondary N) is 2. The number of anilines is 1. The maximum Gasteiger partial charge on any atom is 0.251 e. The molecule has 1 saturated heterocycles. The summed E-state index contributed by atoms with van der Waals surface area (Å²) >= 11 is 0. The molecule has 0 bridgehead atoms. The lowest BCUT2D eigenvalue weighted by Crippen LogP contribution is -2.51. The zero-order valence-corrected chi connectivity index (χ0v) is 14.8. The molecule has 2 rings (SSSR count). The molecule has 1 amide bonds. The molecule has 0 radical (unpaired) electrons. The Bertz CT molecular complexity index is 540. The minimum Gasteiger partial charge on any atom is -0.387 e. The van der Waals surface area contributed by atoms with Crippen LogP contribution in [0.25, 0.3) is 0 Å². The summed E-state index contributed by atoms with van der Waals surface area (Å²) in [4.78, 5) is 14.5. The van der Waals surface area contributed by atoms with Crippen LogP contribution in [-0.2, 0) is 4.74 Å². The second kappa shape index (κ2) is 8.46. The standard InChI is InChI=1S/C18H29N3O3/c1-14(2)20-16-6-4-5-15(11-16)17(22)19-12-18(3,23)13-21-7-9-24-10-8-21/h4-6,11,14,20,23H,7-10,12-13H2,1-3H3,(H,19,22)/t18-/m0/s1. The van der Waals surface area contributed by atoms with Gasteiger partial charge in [-0.25, -0.2) is 0 Å². The molecule has 1 aliphatic heterocycles. The number of ether oxygens (including phenoxy) is 1. The van der Waals surface area contributed by atoms with E-state index in [-0.39, 0.29) is 12.5 Å². The fraction of sp³-hybridized carbons (Fsp3) is 0.611.